The fraction of sp³-hybridized carbons (Fsp3) is 0.0667. The maximum absolute atomic E-state index is 12.5. The molecule has 0 fully saturated rings. The largest absolute Gasteiger partial charge is 0.347 e. The molecule has 0 aliphatic heterocycles. The quantitative estimate of drug-likeness (QED) is 0.0726. The number of amides is 1. The van der Waals surface area contributed by atoms with E-state index in [1.54, 1.807) is 18.2 Å². The Hall–Kier alpha value is -4.37. The lowest BCUT2D eigenvalue weighted by Crippen LogP contribution is -2.37. The zero-order chi connectivity index (χ0) is 28.0. The van der Waals surface area contributed by atoms with Crippen LogP contribution in [0.2, 0.25) is 0 Å². The summed E-state index contributed by atoms with van der Waals surface area (Å²) in [4.78, 5) is 23.2. The van der Waals surface area contributed by atoms with Crippen LogP contribution >= 0.6 is 31.9 Å². The smallest absolute Gasteiger partial charge is 0.268 e. The van der Waals surface area contributed by atoms with E-state index in [9.17, 15) is 10.3 Å². The van der Waals surface area contributed by atoms with Gasteiger partial charge in [-0.05, 0) is 71.3 Å². The first-order valence-electron chi connectivity index (χ1n) is 12.3. The van der Waals surface area contributed by atoms with Crippen molar-refractivity contribution in [2.45, 2.75) is 5.54 Å². The number of hydrogen-bond donors (Lipinski definition) is 2. The third-order valence-electron chi connectivity index (χ3n) is 6.42. The molecule has 0 aliphatic carbocycles. The Kier molecular flexibility index (Phi) is 8.31. The number of nitrogens with zero attached hydrogens (tertiary/aromatic N) is 5. The molecule has 0 aliphatic rings. The van der Waals surface area contributed by atoms with Crippen molar-refractivity contribution in [1.29, 1.82) is 0 Å². The number of aromatic amines is 1. The minimum Gasteiger partial charge on any atom is -0.347 e. The summed E-state index contributed by atoms with van der Waals surface area (Å²) in [6.07, 6.45) is 5.46. The maximum atomic E-state index is 12.5. The standard InChI is InChI=1S/C30H23Br2N7O/c31-25-19-26(36-27(25)32)28(40)34-18-10-17-24-20-39(29(35-24)37-38-33)30(21-11-4-1-5-12-21,22-13-6-2-7-14-22)23-15-8-3-9-16-23/h1-17,19-20,36H,18H2,(H,34,40)/b17-10-. The summed E-state index contributed by atoms with van der Waals surface area (Å²) < 4.78 is 3.38. The SMILES string of the molecule is [N-]=[N+]=Nc1nc(/C=C\CNC(=O)c2cc(Br)c(Br)[nH]2)cn1C(c1ccccc1)(c1ccccc1)c1ccccc1. The van der Waals surface area contributed by atoms with Gasteiger partial charge in [-0.25, -0.2) is 4.98 Å². The summed E-state index contributed by atoms with van der Waals surface area (Å²) in [5.41, 5.74) is 12.5. The Morgan fingerprint density at radius 1 is 0.975 bits per heavy atom. The molecule has 8 nitrogen and oxygen atoms in total. The van der Waals surface area contributed by atoms with E-state index in [1.165, 1.54) is 0 Å². The number of azide groups is 1. The highest BCUT2D eigenvalue weighted by Gasteiger charge is 2.39. The molecule has 0 spiro atoms. The lowest BCUT2D eigenvalue weighted by molar-refractivity contribution is 0.0953. The number of carbonyl (C=O) groups is 1. The summed E-state index contributed by atoms with van der Waals surface area (Å²) in [6, 6.07) is 31.9. The van der Waals surface area contributed by atoms with Crippen LogP contribution in [-0.2, 0) is 5.54 Å². The number of hydrogen-bond acceptors (Lipinski definition) is 3. The van der Waals surface area contributed by atoms with Crippen molar-refractivity contribution in [3.8, 4) is 0 Å². The van der Waals surface area contributed by atoms with Crippen molar-refractivity contribution >= 4 is 49.8 Å². The number of nitrogens with one attached hydrogen (secondary N) is 2. The second-order valence-electron chi connectivity index (χ2n) is 8.79. The van der Waals surface area contributed by atoms with Gasteiger partial charge in [0.2, 0.25) is 0 Å². The zero-order valence-corrected chi connectivity index (χ0v) is 24.2. The van der Waals surface area contributed by atoms with Gasteiger partial charge in [-0.2, -0.15) is 0 Å². The first kappa shape index (κ1) is 27.2. The van der Waals surface area contributed by atoms with Crippen LogP contribution in [0.5, 0.6) is 0 Å². The van der Waals surface area contributed by atoms with Gasteiger partial charge in [0.25, 0.3) is 5.91 Å². The molecule has 0 bridgehead atoms. The Morgan fingerprint density at radius 2 is 1.52 bits per heavy atom. The Labute approximate surface area is 247 Å². The maximum Gasteiger partial charge on any atom is 0.268 e. The van der Waals surface area contributed by atoms with Crippen LogP contribution in [0.4, 0.5) is 5.95 Å². The van der Waals surface area contributed by atoms with Crippen molar-refractivity contribution in [3.63, 3.8) is 0 Å². The number of carbonyl (C=O) groups excluding carboxylic acids is 1. The van der Waals surface area contributed by atoms with E-state index in [1.807, 2.05) is 65.4 Å². The summed E-state index contributed by atoms with van der Waals surface area (Å²) >= 11 is 6.71. The predicted octanol–water partition coefficient (Wildman–Crippen LogP) is 7.96. The van der Waals surface area contributed by atoms with Gasteiger partial charge < -0.3 is 14.9 Å². The van der Waals surface area contributed by atoms with Gasteiger partial charge in [0, 0.05) is 17.7 Å². The molecular weight excluding hydrogens is 634 g/mol. The fourth-order valence-electron chi connectivity index (χ4n) is 4.73. The van der Waals surface area contributed by atoms with Gasteiger partial charge >= 0.3 is 0 Å². The Morgan fingerprint density at radius 3 is 2.00 bits per heavy atom. The molecule has 2 heterocycles. The average molecular weight is 657 g/mol. The van der Waals surface area contributed by atoms with Gasteiger partial charge in [-0.15, -0.1) is 0 Å². The normalized spacial score (nSPS) is 11.3. The van der Waals surface area contributed by atoms with Crippen LogP contribution < -0.4 is 5.32 Å². The van der Waals surface area contributed by atoms with Crippen LogP contribution in [0.1, 0.15) is 32.9 Å². The van der Waals surface area contributed by atoms with Crippen LogP contribution in [0.25, 0.3) is 16.5 Å². The lowest BCUT2D eigenvalue weighted by atomic mass is 9.76. The van der Waals surface area contributed by atoms with Crippen molar-refractivity contribution < 1.29 is 4.79 Å². The number of halogens is 2. The molecule has 5 aromatic rings. The molecule has 0 saturated carbocycles. The van der Waals surface area contributed by atoms with Crippen LogP contribution in [0, 0.1) is 0 Å². The van der Waals surface area contributed by atoms with Crippen molar-refractivity contribution in [2.75, 3.05) is 6.54 Å². The number of benzene rings is 3. The molecule has 198 valence electrons. The van der Waals surface area contributed by atoms with Crippen molar-refractivity contribution in [1.82, 2.24) is 19.9 Å². The van der Waals surface area contributed by atoms with Gasteiger partial charge in [0.1, 0.15) is 11.2 Å². The fourth-order valence-corrected chi connectivity index (χ4v) is 5.39. The molecule has 0 unspecified atom stereocenters. The summed E-state index contributed by atoms with van der Waals surface area (Å²) in [5.74, 6) is -0.0311. The summed E-state index contributed by atoms with van der Waals surface area (Å²) in [7, 11) is 0. The zero-order valence-electron chi connectivity index (χ0n) is 21.1. The van der Waals surface area contributed by atoms with Gasteiger partial charge in [-0.1, -0.05) is 97.1 Å². The molecule has 0 atom stereocenters. The van der Waals surface area contributed by atoms with E-state index >= 15 is 0 Å². The van der Waals surface area contributed by atoms with E-state index in [0.29, 0.717) is 16.0 Å². The predicted molar refractivity (Wildman–Crippen MR) is 163 cm³/mol. The van der Waals surface area contributed by atoms with Gasteiger partial charge in [-0.3, -0.25) is 4.79 Å². The van der Waals surface area contributed by atoms with E-state index in [2.05, 4.69) is 93.6 Å². The Bertz CT molecular complexity index is 1570. The molecule has 10 heteroatoms. The third kappa shape index (κ3) is 5.37. The first-order valence-corrected chi connectivity index (χ1v) is 13.9. The molecule has 40 heavy (non-hydrogen) atoms. The molecule has 5 rings (SSSR count). The van der Waals surface area contributed by atoms with Crippen LogP contribution in [-0.4, -0.2) is 27.0 Å². The highest BCUT2D eigenvalue weighted by Crippen LogP contribution is 2.43. The topological polar surface area (TPSA) is 111 Å². The third-order valence-corrected chi connectivity index (χ3v) is 8.20. The van der Waals surface area contributed by atoms with Crippen molar-refractivity contribution in [2.24, 2.45) is 5.11 Å². The summed E-state index contributed by atoms with van der Waals surface area (Å²) in [6.45, 7) is 0.276. The molecule has 2 N–H and O–H groups in total. The number of imidazole rings is 1. The first-order chi connectivity index (χ1) is 19.5. The highest BCUT2D eigenvalue weighted by atomic mass is 79.9. The lowest BCUT2D eigenvalue weighted by Gasteiger charge is -2.38. The average Bonchev–Trinajstić information content (AvgIpc) is 3.55. The van der Waals surface area contributed by atoms with E-state index < -0.39 is 5.54 Å². The van der Waals surface area contributed by atoms with E-state index in [4.69, 9.17) is 0 Å². The molecule has 0 saturated heterocycles. The van der Waals surface area contributed by atoms with E-state index in [0.717, 1.165) is 21.2 Å². The second-order valence-corrected chi connectivity index (χ2v) is 10.4. The monoisotopic (exact) mass is 655 g/mol. The number of rotatable bonds is 9. The highest BCUT2D eigenvalue weighted by molar-refractivity contribution is 9.13. The van der Waals surface area contributed by atoms with Gasteiger partial charge in [0.05, 0.1) is 14.8 Å². The van der Waals surface area contributed by atoms with Crippen molar-refractivity contribution in [3.05, 3.63) is 157 Å². The van der Waals surface area contributed by atoms with E-state index in [-0.39, 0.29) is 18.4 Å². The summed E-state index contributed by atoms with van der Waals surface area (Å²) in [5, 5.41) is 6.84. The molecule has 1 amide bonds. The molecule has 2 aromatic heterocycles. The van der Waals surface area contributed by atoms with Gasteiger partial charge in [0.15, 0.2) is 5.95 Å². The molecule has 3 aromatic carbocycles. The van der Waals surface area contributed by atoms with Crippen LogP contribution in [0.3, 0.4) is 0 Å². The molecular formula is C30H23Br2N7O. The Balaban J connectivity index is 1.58. The minimum atomic E-state index is -0.880. The number of aromatic nitrogens is 3. The second kappa shape index (κ2) is 12.2. The minimum absolute atomic E-state index is 0.212. The molecule has 0 radical (unpaired) electrons. The number of H-pyrrole nitrogens is 1. The van der Waals surface area contributed by atoms with Crippen LogP contribution in [0.15, 0.2) is 124 Å².